The molecule has 1 heterocycles. The highest BCUT2D eigenvalue weighted by atomic mass is 35.5. The van der Waals surface area contributed by atoms with Gasteiger partial charge in [0.25, 0.3) is 0 Å². The first-order valence-corrected chi connectivity index (χ1v) is 9.94. The lowest BCUT2D eigenvalue weighted by Gasteiger charge is -2.10. The highest BCUT2D eigenvalue weighted by Crippen LogP contribution is 2.32. The molecule has 1 aromatic heterocycles. The molecule has 0 unspecified atom stereocenters. The summed E-state index contributed by atoms with van der Waals surface area (Å²) in [5.41, 5.74) is 5.94. The van der Waals surface area contributed by atoms with Crippen molar-refractivity contribution in [2.45, 2.75) is 13.5 Å². The number of benzene rings is 3. The Bertz CT molecular complexity index is 1360. The van der Waals surface area contributed by atoms with E-state index in [9.17, 15) is 10.5 Å². The molecule has 4 rings (SSSR count). The molecule has 0 fully saturated rings. The Morgan fingerprint density at radius 3 is 2.43 bits per heavy atom. The number of rotatable bonds is 4. The minimum Gasteiger partial charge on any atom is -0.340 e. The summed E-state index contributed by atoms with van der Waals surface area (Å²) in [6, 6.07) is 27.7. The van der Waals surface area contributed by atoms with Crippen molar-refractivity contribution in [3.8, 4) is 12.1 Å². The van der Waals surface area contributed by atoms with Gasteiger partial charge in [-0.1, -0.05) is 66.2 Å². The van der Waals surface area contributed by atoms with Gasteiger partial charge in [-0.15, -0.1) is 0 Å². The Kier molecular flexibility index (Phi) is 5.40. The van der Waals surface area contributed by atoms with Gasteiger partial charge in [0.15, 0.2) is 0 Å². The van der Waals surface area contributed by atoms with Crippen LogP contribution in [0.25, 0.3) is 22.6 Å². The number of para-hydroxylation sites is 1. The van der Waals surface area contributed by atoms with E-state index < -0.39 is 0 Å². The smallest absolute Gasteiger partial charge is 0.0998 e. The number of fused-ring (bicyclic) bond motifs is 1. The first-order chi connectivity index (χ1) is 14.6. The molecule has 3 nitrogen and oxygen atoms in total. The van der Waals surface area contributed by atoms with Crippen molar-refractivity contribution >= 4 is 34.2 Å². The quantitative estimate of drug-likeness (QED) is 0.358. The van der Waals surface area contributed by atoms with E-state index in [-0.39, 0.29) is 0 Å². The zero-order chi connectivity index (χ0) is 21.1. The molecule has 0 aliphatic carbocycles. The SMILES string of the molecule is Cc1c(C=C(C#N)c2ccccc2Cl)c2ccccc2n1Cc1ccccc1C#N. The van der Waals surface area contributed by atoms with Crippen molar-refractivity contribution in [2.75, 3.05) is 0 Å². The normalized spacial score (nSPS) is 11.3. The standard InChI is InChI=1S/C26H18ClN3/c1-18-24(14-21(16-29)22-10-4-6-12-25(22)27)23-11-5-7-13-26(23)30(18)17-20-9-3-2-8-19(20)15-28/h2-14H,17H2,1H3. The molecule has 3 aromatic carbocycles. The molecule has 0 saturated heterocycles. The number of hydrogen-bond acceptors (Lipinski definition) is 2. The van der Waals surface area contributed by atoms with Crippen LogP contribution in [-0.4, -0.2) is 4.57 Å². The van der Waals surface area contributed by atoms with Gasteiger partial charge in [0.05, 0.1) is 23.3 Å². The van der Waals surface area contributed by atoms with E-state index in [0.717, 1.165) is 27.7 Å². The Morgan fingerprint density at radius 1 is 0.967 bits per heavy atom. The summed E-state index contributed by atoms with van der Waals surface area (Å²) in [6.07, 6.45) is 1.91. The zero-order valence-electron chi connectivity index (χ0n) is 16.4. The largest absolute Gasteiger partial charge is 0.340 e. The van der Waals surface area contributed by atoms with Gasteiger partial charge in [0, 0.05) is 39.3 Å². The van der Waals surface area contributed by atoms with E-state index in [0.29, 0.717) is 28.3 Å². The van der Waals surface area contributed by atoms with Crippen LogP contribution in [0, 0.1) is 29.6 Å². The third kappa shape index (κ3) is 3.48. The molecule has 0 N–H and O–H groups in total. The molecule has 0 atom stereocenters. The summed E-state index contributed by atoms with van der Waals surface area (Å²) in [5, 5.41) is 20.9. The number of halogens is 1. The van der Waals surface area contributed by atoms with Gasteiger partial charge in [0.1, 0.15) is 0 Å². The summed E-state index contributed by atoms with van der Waals surface area (Å²) >= 11 is 6.34. The van der Waals surface area contributed by atoms with Gasteiger partial charge < -0.3 is 4.57 Å². The molecule has 4 aromatic rings. The van der Waals surface area contributed by atoms with Gasteiger partial charge in [-0.25, -0.2) is 0 Å². The van der Waals surface area contributed by atoms with Gasteiger partial charge in [-0.3, -0.25) is 0 Å². The Morgan fingerprint density at radius 2 is 1.67 bits per heavy atom. The fourth-order valence-electron chi connectivity index (χ4n) is 3.78. The van der Waals surface area contributed by atoms with Crippen molar-refractivity contribution in [3.05, 3.63) is 106 Å². The van der Waals surface area contributed by atoms with E-state index in [2.05, 4.69) is 28.8 Å². The van der Waals surface area contributed by atoms with E-state index in [1.807, 2.05) is 67.6 Å². The van der Waals surface area contributed by atoms with Crippen LogP contribution in [0.1, 0.15) is 27.9 Å². The molecule has 0 bridgehead atoms. The van der Waals surface area contributed by atoms with E-state index >= 15 is 0 Å². The molecule has 0 amide bonds. The topological polar surface area (TPSA) is 52.5 Å². The molecular weight excluding hydrogens is 390 g/mol. The summed E-state index contributed by atoms with van der Waals surface area (Å²) in [4.78, 5) is 0. The average molecular weight is 408 g/mol. The number of nitriles is 2. The second-order valence-corrected chi connectivity index (χ2v) is 7.43. The van der Waals surface area contributed by atoms with Crippen LogP contribution in [0.5, 0.6) is 0 Å². The molecule has 0 aliphatic heterocycles. The van der Waals surface area contributed by atoms with Crippen molar-refractivity contribution in [3.63, 3.8) is 0 Å². The fraction of sp³-hybridized carbons (Fsp3) is 0.0769. The monoisotopic (exact) mass is 407 g/mol. The first-order valence-electron chi connectivity index (χ1n) is 9.56. The predicted octanol–water partition coefficient (Wildman–Crippen LogP) is 6.59. The van der Waals surface area contributed by atoms with Crippen molar-refractivity contribution < 1.29 is 0 Å². The summed E-state index contributed by atoms with van der Waals surface area (Å²) < 4.78 is 2.19. The highest BCUT2D eigenvalue weighted by Gasteiger charge is 2.15. The third-order valence-corrected chi connectivity index (χ3v) is 5.65. The molecule has 0 saturated carbocycles. The maximum Gasteiger partial charge on any atom is 0.0998 e. The van der Waals surface area contributed by atoms with E-state index in [1.54, 1.807) is 6.07 Å². The van der Waals surface area contributed by atoms with Gasteiger partial charge in [0.2, 0.25) is 0 Å². The van der Waals surface area contributed by atoms with Crippen LogP contribution < -0.4 is 0 Å². The van der Waals surface area contributed by atoms with Crippen LogP contribution in [-0.2, 0) is 6.54 Å². The lowest BCUT2D eigenvalue weighted by atomic mass is 10.0. The molecule has 4 heteroatoms. The average Bonchev–Trinajstić information content (AvgIpc) is 3.04. The Labute approximate surface area is 180 Å². The second kappa shape index (κ2) is 8.29. The summed E-state index contributed by atoms with van der Waals surface area (Å²) in [7, 11) is 0. The van der Waals surface area contributed by atoms with E-state index in [1.165, 1.54) is 0 Å². The van der Waals surface area contributed by atoms with Crippen molar-refractivity contribution in [2.24, 2.45) is 0 Å². The maximum atomic E-state index is 9.82. The Hall–Kier alpha value is -3.79. The number of nitrogens with zero attached hydrogens (tertiary/aromatic N) is 3. The molecular formula is C26H18ClN3. The van der Waals surface area contributed by atoms with Gasteiger partial charge in [-0.2, -0.15) is 10.5 Å². The van der Waals surface area contributed by atoms with Crippen LogP contribution in [0.4, 0.5) is 0 Å². The Balaban J connectivity index is 1.91. The lowest BCUT2D eigenvalue weighted by Crippen LogP contribution is -2.03. The number of aromatic nitrogens is 1. The van der Waals surface area contributed by atoms with Crippen LogP contribution in [0.15, 0.2) is 72.8 Å². The van der Waals surface area contributed by atoms with Crippen LogP contribution in [0.2, 0.25) is 5.02 Å². The van der Waals surface area contributed by atoms with Crippen molar-refractivity contribution in [1.82, 2.24) is 4.57 Å². The molecule has 30 heavy (non-hydrogen) atoms. The summed E-state index contributed by atoms with van der Waals surface area (Å²) in [6.45, 7) is 2.63. The van der Waals surface area contributed by atoms with Gasteiger partial charge in [-0.05, 0) is 36.8 Å². The molecule has 0 spiro atoms. The number of allylic oxidation sites excluding steroid dienone is 1. The summed E-state index contributed by atoms with van der Waals surface area (Å²) in [5.74, 6) is 0. The molecule has 0 aliphatic rings. The number of hydrogen-bond donors (Lipinski definition) is 0. The highest BCUT2D eigenvalue weighted by molar-refractivity contribution is 6.32. The minimum atomic E-state index is 0.518. The zero-order valence-corrected chi connectivity index (χ0v) is 17.2. The predicted molar refractivity (Wildman–Crippen MR) is 122 cm³/mol. The van der Waals surface area contributed by atoms with Gasteiger partial charge >= 0.3 is 0 Å². The first kappa shape index (κ1) is 19.5. The lowest BCUT2D eigenvalue weighted by molar-refractivity contribution is 0.802. The van der Waals surface area contributed by atoms with Crippen molar-refractivity contribution in [1.29, 1.82) is 10.5 Å². The van der Waals surface area contributed by atoms with Crippen LogP contribution in [0.3, 0.4) is 0 Å². The maximum absolute atomic E-state index is 9.82. The second-order valence-electron chi connectivity index (χ2n) is 7.02. The van der Waals surface area contributed by atoms with Crippen LogP contribution >= 0.6 is 11.6 Å². The van der Waals surface area contributed by atoms with E-state index in [4.69, 9.17) is 11.6 Å². The molecule has 0 radical (unpaired) electrons. The third-order valence-electron chi connectivity index (χ3n) is 5.32. The fourth-order valence-corrected chi connectivity index (χ4v) is 4.01. The molecule has 144 valence electrons. The minimum absolute atomic E-state index is 0.518.